The molecule has 20 heavy (non-hydrogen) atoms. The second-order valence-electron chi connectivity index (χ2n) is 6.31. The van der Waals surface area contributed by atoms with E-state index in [1.807, 2.05) is 52.0 Å². The molecule has 2 heterocycles. The zero-order valence-corrected chi connectivity index (χ0v) is 12.6. The van der Waals surface area contributed by atoms with E-state index in [-0.39, 0.29) is 0 Å². The third-order valence-electron chi connectivity index (χ3n) is 4.44. The molecule has 0 radical (unpaired) electrons. The molecule has 0 saturated carbocycles. The van der Waals surface area contributed by atoms with Crippen LogP contribution in [0.1, 0.15) is 27.7 Å². The van der Waals surface area contributed by atoms with Crippen LogP contribution in [-0.4, -0.2) is 31.0 Å². The summed E-state index contributed by atoms with van der Waals surface area (Å²) < 4.78 is 18.5. The molecule has 1 saturated heterocycles. The van der Waals surface area contributed by atoms with E-state index in [0.717, 1.165) is 11.2 Å². The maximum atomic E-state index is 6.27. The summed E-state index contributed by atoms with van der Waals surface area (Å²) in [6, 6.07) is 8.44. The molecule has 2 aliphatic heterocycles. The lowest BCUT2D eigenvalue weighted by atomic mass is 9.67. The molecule has 1 aromatic carbocycles. The highest BCUT2D eigenvalue weighted by Gasteiger charge is 2.58. The van der Waals surface area contributed by atoms with Crippen LogP contribution in [0.5, 0.6) is 0 Å². The molecule has 1 spiro atoms. The van der Waals surface area contributed by atoms with Gasteiger partial charge in [-0.15, -0.1) is 0 Å². The van der Waals surface area contributed by atoms with Crippen molar-refractivity contribution in [1.82, 2.24) is 0 Å². The van der Waals surface area contributed by atoms with Crippen molar-refractivity contribution in [2.45, 2.75) is 38.9 Å². The van der Waals surface area contributed by atoms with Crippen LogP contribution in [0.3, 0.4) is 0 Å². The molecule has 2 N–H and O–H groups in total. The van der Waals surface area contributed by atoms with Crippen molar-refractivity contribution in [3.8, 4) is 0 Å². The number of hydrogen-bond donors (Lipinski definition) is 2. The monoisotopic (exact) mass is 276 g/mol. The molecule has 0 aromatic heterocycles. The fourth-order valence-electron chi connectivity index (χ4n) is 2.67. The number of benzene rings is 1. The molecule has 0 amide bonds. The summed E-state index contributed by atoms with van der Waals surface area (Å²) in [5.74, 6) is 0. The van der Waals surface area contributed by atoms with Crippen molar-refractivity contribution in [3.63, 3.8) is 0 Å². The van der Waals surface area contributed by atoms with Gasteiger partial charge in [-0.3, -0.25) is 0 Å². The largest absolute Gasteiger partial charge is 0.604 e. The predicted molar refractivity (Wildman–Crippen MR) is 78.8 cm³/mol. The van der Waals surface area contributed by atoms with Gasteiger partial charge in [-0.2, -0.15) is 0 Å². The van der Waals surface area contributed by atoms with Crippen molar-refractivity contribution in [1.29, 1.82) is 0 Å². The molecule has 0 aliphatic carbocycles. The summed E-state index contributed by atoms with van der Waals surface area (Å²) in [5.41, 5.74) is 0.953. The maximum Gasteiger partial charge on any atom is 0.475 e. The lowest BCUT2D eigenvalue weighted by Crippen LogP contribution is -2.76. The van der Waals surface area contributed by atoms with Crippen molar-refractivity contribution in [3.05, 3.63) is 24.3 Å². The number of fused-ring (bicyclic) bond motifs is 2. The van der Waals surface area contributed by atoms with Crippen LogP contribution in [0, 0.1) is 0 Å². The Kier molecular flexibility index (Phi) is 2.69. The van der Waals surface area contributed by atoms with Gasteiger partial charge in [-0.25, -0.2) is 10.3 Å². The fourth-order valence-corrected chi connectivity index (χ4v) is 2.67. The Morgan fingerprint density at radius 2 is 1.65 bits per heavy atom. The number of anilines is 1. The molecule has 1 fully saturated rings. The Morgan fingerprint density at radius 1 is 1.05 bits per heavy atom. The van der Waals surface area contributed by atoms with Gasteiger partial charge in [0.25, 0.3) is 0 Å². The van der Waals surface area contributed by atoms with Gasteiger partial charge in [0.15, 0.2) is 0 Å². The Morgan fingerprint density at radius 3 is 2.25 bits per heavy atom. The van der Waals surface area contributed by atoms with Gasteiger partial charge < -0.3 is 14.0 Å². The molecule has 0 unspecified atom stereocenters. The summed E-state index contributed by atoms with van der Waals surface area (Å²) in [6.07, 6.45) is 0. The lowest BCUT2D eigenvalue weighted by molar-refractivity contribution is -0.429. The first-order valence-corrected chi connectivity index (χ1v) is 6.94. The highest BCUT2D eigenvalue weighted by Crippen LogP contribution is 2.43. The van der Waals surface area contributed by atoms with Gasteiger partial charge in [-0.05, 0) is 33.8 Å². The Bertz CT molecular complexity index is 568. The number of rotatable bonds is 0. The zero-order chi connectivity index (χ0) is 14.6. The zero-order valence-electron chi connectivity index (χ0n) is 12.6. The minimum atomic E-state index is -2.00. The molecule has 0 atom stereocenters. The standard InChI is InChI=1S/C14H20BN2O3/c1-13(2)14(3,4)20-15(19-13)10-8-6-7-9-11(10)17-12(16-5)18-15/h6-9H,1-5H3,(H,16,17)/q-1/p+1. The summed E-state index contributed by atoms with van der Waals surface area (Å²) in [6.45, 7) is 6.10. The van der Waals surface area contributed by atoms with E-state index in [9.17, 15) is 0 Å². The van der Waals surface area contributed by atoms with E-state index in [1.165, 1.54) is 0 Å². The van der Waals surface area contributed by atoms with Crippen molar-refractivity contribution >= 4 is 23.9 Å². The second kappa shape index (κ2) is 3.99. The first-order chi connectivity index (χ1) is 9.30. The number of para-hydroxylation sites is 1. The highest BCUT2D eigenvalue weighted by atomic mass is 16.8. The Hall–Kier alpha value is -1.53. The van der Waals surface area contributed by atoms with Crippen LogP contribution in [0.25, 0.3) is 0 Å². The lowest BCUT2D eigenvalue weighted by Gasteiger charge is -2.40. The first-order valence-electron chi connectivity index (χ1n) is 6.94. The quantitative estimate of drug-likeness (QED) is 0.652. The topological polar surface area (TPSA) is 53.7 Å². The number of hydrogen-bond acceptors (Lipinski definition) is 3. The molecule has 5 nitrogen and oxygen atoms in total. The second-order valence-corrected chi connectivity index (χ2v) is 6.31. The van der Waals surface area contributed by atoms with E-state index in [0.29, 0.717) is 6.02 Å². The van der Waals surface area contributed by atoms with Crippen molar-refractivity contribution in [2.24, 2.45) is 0 Å². The highest BCUT2D eigenvalue weighted by molar-refractivity contribution is 6.79. The fraction of sp³-hybridized carbons (Fsp3) is 0.500. The third-order valence-corrected chi connectivity index (χ3v) is 4.44. The average molecular weight is 276 g/mol. The van der Waals surface area contributed by atoms with Crippen LogP contribution in [0.2, 0.25) is 0 Å². The van der Waals surface area contributed by atoms with Gasteiger partial charge in [0, 0.05) is 11.2 Å². The molecular weight excluding hydrogens is 255 g/mol. The summed E-state index contributed by atoms with van der Waals surface area (Å²) in [4.78, 5) is 2.99. The van der Waals surface area contributed by atoms with E-state index < -0.39 is 18.0 Å². The van der Waals surface area contributed by atoms with E-state index in [2.05, 4.69) is 10.3 Å². The first kappa shape index (κ1) is 13.5. The van der Waals surface area contributed by atoms with E-state index in [4.69, 9.17) is 14.0 Å². The van der Waals surface area contributed by atoms with Crippen LogP contribution in [0.4, 0.5) is 5.69 Å². The molecular formula is C14H21BN2O3. The van der Waals surface area contributed by atoms with Crippen molar-refractivity contribution in [2.75, 3.05) is 12.4 Å². The smallest absolute Gasteiger partial charge is 0.475 e. The normalized spacial score (nSPS) is 26.9. The van der Waals surface area contributed by atoms with Gasteiger partial charge in [0.2, 0.25) is 0 Å². The van der Waals surface area contributed by atoms with Gasteiger partial charge in [0.05, 0.1) is 7.05 Å². The van der Waals surface area contributed by atoms with Gasteiger partial charge in [0.1, 0.15) is 5.69 Å². The minimum absolute atomic E-state index is 0.448. The Balaban J connectivity index is 2.15. The van der Waals surface area contributed by atoms with E-state index >= 15 is 0 Å². The minimum Gasteiger partial charge on any atom is -0.604 e. The average Bonchev–Trinajstić information content (AvgIpc) is 2.54. The molecule has 0 bridgehead atoms. The Labute approximate surface area is 119 Å². The van der Waals surface area contributed by atoms with Gasteiger partial charge in [-0.1, -0.05) is 23.7 Å². The van der Waals surface area contributed by atoms with Crippen LogP contribution in [0.15, 0.2) is 24.3 Å². The summed E-state index contributed by atoms with van der Waals surface area (Å²) >= 11 is 0. The molecule has 3 rings (SSSR count). The number of nitrogens with one attached hydrogen (secondary N) is 2. The maximum absolute atomic E-state index is 6.27. The van der Waals surface area contributed by atoms with Crippen LogP contribution < -0.4 is 15.8 Å². The third kappa shape index (κ3) is 1.75. The van der Waals surface area contributed by atoms with Crippen LogP contribution >= 0.6 is 0 Å². The molecule has 6 heteroatoms. The number of amidine groups is 1. The summed E-state index contributed by atoms with van der Waals surface area (Å²) in [5, 5.41) is 3.19. The SMILES string of the molecule is C[NH+]=C1Nc2ccccc2[B-]2(O1)OC(C)(C)C(C)(C)O2. The van der Waals surface area contributed by atoms with E-state index in [1.54, 1.807) is 7.05 Å². The molecule has 1 aromatic rings. The van der Waals surface area contributed by atoms with Gasteiger partial charge >= 0.3 is 12.8 Å². The molecule has 108 valence electrons. The molecule has 2 aliphatic rings. The van der Waals surface area contributed by atoms with Crippen LogP contribution in [-0.2, 0) is 14.0 Å². The van der Waals surface area contributed by atoms with Crippen molar-refractivity contribution < 1.29 is 19.0 Å². The summed E-state index contributed by atoms with van der Waals surface area (Å²) in [7, 11) is 1.80. The predicted octanol–water partition coefficient (Wildman–Crippen LogP) is -0.0550.